The van der Waals surface area contributed by atoms with Gasteiger partial charge in [-0.1, -0.05) is 6.07 Å². The van der Waals surface area contributed by atoms with Gasteiger partial charge in [-0.15, -0.1) is 0 Å². The van der Waals surface area contributed by atoms with Crippen molar-refractivity contribution >= 4 is 11.8 Å². The molecule has 0 spiro atoms. The largest absolute Gasteiger partial charge is 0.493 e. The fourth-order valence-corrected chi connectivity index (χ4v) is 3.26. The third-order valence-corrected chi connectivity index (χ3v) is 4.42. The van der Waals surface area contributed by atoms with Gasteiger partial charge in [0.25, 0.3) is 0 Å². The molecular weight excluding hydrogens is 246 g/mol. The van der Waals surface area contributed by atoms with Crippen molar-refractivity contribution in [3.05, 3.63) is 23.8 Å². The molecular formula is C14H21NO2S. The van der Waals surface area contributed by atoms with E-state index in [9.17, 15) is 0 Å². The number of methoxy groups -OCH3 is 2. The lowest BCUT2D eigenvalue weighted by molar-refractivity contribution is 0.354. The molecule has 1 fully saturated rings. The van der Waals surface area contributed by atoms with Gasteiger partial charge >= 0.3 is 0 Å². The smallest absolute Gasteiger partial charge is 0.161 e. The predicted octanol–water partition coefficient (Wildman–Crippen LogP) is 2.69. The normalized spacial score (nSPS) is 19.6. The first-order valence-electron chi connectivity index (χ1n) is 6.35. The summed E-state index contributed by atoms with van der Waals surface area (Å²) in [5.74, 6) is 4.13. The van der Waals surface area contributed by atoms with E-state index in [4.69, 9.17) is 9.47 Å². The molecule has 1 aliphatic heterocycles. The SMILES string of the molecule is COc1ccc(CN[C@H]2CCCSC2)cc1OC. The minimum atomic E-state index is 0.650. The van der Waals surface area contributed by atoms with E-state index in [1.165, 1.54) is 29.9 Å². The number of hydrogen-bond acceptors (Lipinski definition) is 4. The lowest BCUT2D eigenvalue weighted by Crippen LogP contribution is -2.33. The summed E-state index contributed by atoms with van der Waals surface area (Å²) in [5.41, 5.74) is 1.24. The Hall–Kier alpha value is -0.870. The Morgan fingerprint density at radius 1 is 1.28 bits per heavy atom. The molecule has 2 rings (SSSR count). The number of rotatable bonds is 5. The molecule has 1 aliphatic rings. The Labute approximate surface area is 113 Å². The Kier molecular flexibility index (Phi) is 5.20. The van der Waals surface area contributed by atoms with Gasteiger partial charge in [0.1, 0.15) is 0 Å². The highest BCUT2D eigenvalue weighted by Gasteiger charge is 2.13. The number of benzene rings is 1. The number of ether oxygens (including phenoxy) is 2. The monoisotopic (exact) mass is 267 g/mol. The Balaban J connectivity index is 1.92. The van der Waals surface area contributed by atoms with Crippen molar-refractivity contribution < 1.29 is 9.47 Å². The van der Waals surface area contributed by atoms with Crippen LogP contribution in [0.25, 0.3) is 0 Å². The van der Waals surface area contributed by atoms with E-state index >= 15 is 0 Å². The molecule has 1 aromatic rings. The van der Waals surface area contributed by atoms with Crippen LogP contribution in [-0.2, 0) is 6.54 Å². The maximum Gasteiger partial charge on any atom is 0.161 e. The van der Waals surface area contributed by atoms with Gasteiger partial charge in [-0.25, -0.2) is 0 Å². The van der Waals surface area contributed by atoms with Gasteiger partial charge in [-0.3, -0.25) is 0 Å². The summed E-state index contributed by atoms with van der Waals surface area (Å²) < 4.78 is 10.5. The number of hydrogen-bond donors (Lipinski definition) is 1. The van der Waals surface area contributed by atoms with Crippen LogP contribution in [-0.4, -0.2) is 31.8 Å². The summed E-state index contributed by atoms with van der Waals surface area (Å²) >= 11 is 2.04. The molecule has 1 atom stereocenters. The molecule has 1 aromatic carbocycles. The van der Waals surface area contributed by atoms with E-state index in [0.717, 1.165) is 18.0 Å². The van der Waals surface area contributed by atoms with E-state index in [0.29, 0.717) is 6.04 Å². The number of nitrogens with one attached hydrogen (secondary N) is 1. The second-order valence-corrected chi connectivity index (χ2v) is 5.63. The van der Waals surface area contributed by atoms with Crippen LogP contribution in [0.15, 0.2) is 18.2 Å². The first kappa shape index (κ1) is 13.6. The zero-order chi connectivity index (χ0) is 12.8. The van der Waals surface area contributed by atoms with Gasteiger partial charge in [-0.05, 0) is 36.3 Å². The van der Waals surface area contributed by atoms with Crippen molar-refractivity contribution in [3.8, 4) is 11.5 Å². The zero-order valence-electron chi connectivity index (χ0n) is 11.1. The van der Waals surface area contributed by atoms with E-state index < -0.39 is 0 Å². The van der Waals surface area contributed by atoms with Crippen molar-refractivity contribution in [2.45, 2.75) is 25.4 Å². The molecule has 3 nitrogen and oxygen atoms in total. The fraction of sp³-hybridized carbons (Fsp3) is 0.571. The van der Waals surface area contributed by atoms with Crippen molar-refractivity contribution in [3.63, 3.8) is 0 Å². The Bertz CT molecular complexity index is 378. The maximum absolute atomic E-state index is 5.31. The predicted molar refractivity (Wildman–Crippen MR) is 76.7 cm³/mol. The molecule has 0 unspecified atom stereocenters. The summed E-state index contributed by atoms with van der Waals surface area (Å²) in [6, 6.07) is 6.74. The van der Waals surface area contributed by atoms with Crippen LogP contribution >= 0.6 is 11.8 Å². The molecule has 18 heavy (non-hydrogen) atoms. The van der Waals surface area contributed by atoms with E-state index in [2.05, 4.69) is 11.4 Å². The topological polar surface area (TPSA) is 30.5 Å². The van der Waals surface area contributed by atoms with Gasteiger partial charge in [0.15, 0.2) is 11.5 Å². The Morgan fingerprint density at radius 3 is 2.78 bits per heavy atom. The minimum Gasteiger partial charge on any atom is -0.493 e. The Morgan fingerprint density at radius 2 is 2.11 bits per heavy atom. The molecule has 0 aromatic heterocycles. The van der Waals surface area contributed by atoms with Crippen LogP contribution in [0.3, 0.4) is 0 Å². The van der Waals surface area contributed by atoms with Crippen LogP contribution in [0.1, 0.15) is 18.4 Å². The molecule has 1 saturated heterocycles. The van der Waals surface area contributed by atoms with Gasteiger partial charge < -0.3 is 14.8 Å². The van der Waals surface area contributed by atoms with Gasteiger partial charge in [0.05, 0.1) is 14.2 Å². The lowest BCUT2D eigenvalue weighted by Gasteiger charge is -2.22. The molecule has 0 bridgehead atoms. The summed E-state index contributed by atoms with van der Waals surface area (Å²) in [6.07, 6.45) is 2.62. The minimum absolute atomic E-state index is 0.650. The highest BCUT2D eigenvalue weighted by Crippen LogP contribution is 2.27. The van der Waals surface area contributed by atoms with Crippen LogP contribution in [0, 0.1) is 0 Å². The van der Waals surface area contributed by atoms with E-state index in [1.807, 2.05) is 23.9 Å². The third kappa shape index (κ3) is 3.56. The molecule has 4 heteroatoms. The van der Waals surface area contributed by atoms with Crippen LogP contribution in [0.5, 0.6) is 11.5 Å². The lowest BCUT2D eigenvalue weighted by atomic mass is 10.1. The molecule has 0 amide bonds. The van der Waals surface area contributed by atoms with Crippen molar-refractivity contribution in [1.29, 1.82) is 0 Å². The van der Waals surface area contributed by atoms with Gasteiger partial charge in [-0.2, -0.15) is 11.8 Å². The first-order valence-corrected chi connectivity index (χ1v) is 7.51. The van der Waals surface area contributed by atoms with Crippen LogP contribution in [0.2, 0.25) is 0 Å². The molecule has 0 saturated carbocycles. The maximum atomic E-state index is 5.31. The summed E-state index contributed by atoms with van der Waals surface area (Å²) in [5, 5.41) is 3.61. The van der Waals surface area contributed by atoms with Gasteiger partial charge in [0, 0.05) is 18.3 Å². The summed E-state index contributed by atoms with van der Waals surface area (Å²) in [4.78, 5) is 0. The second kappa shape index (κ2) is 6.90. The van der Waals surface area contributed by atoms with E-state index in [1.54, 1.807) is 14.2 Å². The number of thioether (sulfide) groups is 1. The molecule has 1 N–H and O–H groups in total. The summed E-state index contributed by atoms with van der Waals surface area (Å²) in [7, 11) is 3.34. The quantitative estimate of drug-likeness (QED) is 0.888. The van der Waals surface area contributed by atoms with E-state index in [-0.39, 0.29) is 0 Å². The highest BCUT2D eigenvalue weighted by molar-refractivity contribution is 7.99. The average molecular weight is 267 g/mol. The second-order valence-electron chi connectivity index (χ2n) is 4.48. The first-order chi connectivity index (χ1) is 8.83. The van der Waals surface area contributed by atoms with Crippen molar-refractivity contribution in [1.82, 2.24) is 5.32 Å². The summed E-state index contributed by atoms with van der Waals surface area (Å²) in [6.45, 7) is 0.894. The van der Waals surface area contributed by atoms with Crippen LogP contribution < -0.4 is 14.8 Å². The average Bonchev–Trinajstić information content (AvgIpc) is 2.45. The highest BCUT2D eigenvalue weighted by atomic mass is 32.2. The third-order valence-electron chi connectivity index (χ3n) is 3.20. The molecule has 100 valence electrons. The standard InChI is InChI=1S/C14H21NO2S/c1-16-13-6-5-11(8-14(13)17-2)9-15-12-4-3-7-18-10-12/h5-6,8,12,15H,3-4,7,9-10H2,1-2H3/t12-/m0/s1. The molecule has 0 radical (unpaired) electrons. The van der Waals surface area contributed by atoms with Crippen molar-refractivity contribution in [2.24, 2.45) is 0 Å². The molecule has 1 heterocycles. The molecule has 0 aliphatic carbocycles. The van der Waals surface area contributed by atoms with Crippen LogP contribution in [0.4, 0.5) is 0 Å². The fourth-order valence-electron chi connectivity index (χ4n) is 2.15. The zero-order valence-corrected chi connectivity index (χ0v) is 11.9. The van der Waals surface area contributed by atoms with Crippen molar-refractivity contribution in [2.75, 3.05) is 25.7 Å². The van der Waals surface area contributed by atoms with Gasteiger partial charge in [0.2, 0.25) is 0 Å².